The van der Waals surface area contributed by atoms with Gasteiger partial charge in [-0.05, 0) is 42.5 Å². The monoisotopic (exact) mass is 462 g/mol. The summed E-state index contributed by atoms with van der Waals surface area (Å²) in [5, 5.41) is 2.38. The summed E-state index contributed by atoms with van der Waals surface area (Å²) >= 11 is 5.93. The van der Waals surface area contributed by atoms with Crippen molar-refractivity contribution in [3.8, 4) is 5.75 Å². The number of esters is 1. The molecule has 0 saturated heterocycles. The Bertz CT molecular complexity index is 1030. The Morgan fingerprint density at radius 2 is 1.77 bits per heavy atom. The van der Waals surface area contributed by atoms with Crippen LogP contribution in [0.2, 0.25) is 5.02 Å². The molecule has 0 aliphatic carbocycles. The number of halogens is 3. The van der Waals surface area contributed by atoms with Gasteiger partial charge < -0.3 is 14.8 Å². The number of anilines is 1. The van der Waals surface area contributed by atoms with E-state index in [1.807, 2.05) is 0 Å². The van der Waals surface area contributed by atoms with Crippen molar-refractivity contribution in [3.05, 3.63) is 53.1 Å². The van der Waals surface area contributed by atoms with Crippen LogP contribution >= 0.6 is 11.6 Å². The highest BCUT2D eigenvalue weighted by Gasteiger charge is 2.21. The first kappa shape index (κ1) is 23.5. The zero-order chi connectivity index (χ0) is 22.5. The van der Waals surface area contributed by atoms with Gasteiger partial charge in [0.25, 0.3) is 5.91 Å². The molecule has 0 radical (unpaired) electrons. The Balaban J connectivity index is 1.99. The highest BCUT2D eigenvalue weighted by molar-refractivity contribution is 7.89. The Hall–Kier alpha value is -2.76. The Morgan fingerprint density at radius 1 is 1.13 bits per heavy atom. The van der Waals surface area contributed by atoms with E-state index < -0.39 is 35.1 Å². The highest BCUT2D eigenvalue weighted by Crippen LogP contribution is 2.26. The number of carbonyl (C=O) groups excluding carboxylic acids is 2. The van der Waals surface area contributed by atoms with E-state index >= 15 is 0 Å². The minimum absolute atomic E-state index is 0.0209. The van der Waals surface area contributed by atoms with E-state index in [-0.39, 0.29) is 26.9 Å². The van der Waals surface area contributed by atoms with E-state index in [2.05, 4.69) is 10.1 Å². The minimum atomic E-state index is -3.83. The van der Waals surface area contributed by atoms with E-state index in [4.69, 9.17) is 16.3 Å². The zero-order valence-electron chi connectivity index (χ0n) is 15.8. The van der Waals surface area contributed by atoms with Crippen molar-refractivity contribution in [2.75, 3.05) is 26.0 Å². The van der Waals surface area contributed by atoms with Crippen LogP contribution in [0.25, 0.3) is 0 Å². The summed E-state index contributed by atoms with van der Waals surface area (Å²) in [6.45, 7) is -3.65. The van der Waals surface area contributed by atoms with Crippen molar-refractivity contribution in [2.24, 2.45) is 0 Å². The van der Waals surface area contributed by atoms with Gasteiger partial charge in [-0.15, -0.1) is 0 Å². The van der Waals surface area contributed by atoms with Crippen LogP contribution in [0.15, 0.2) is 47.4 Å². The zero-order valence-corrected chi connectivity index (χ0v) is 17.3. The van der Waals surface area contributed by atoms with Crippen molar-refractivity contribution in [3.63, 3.8) is 0 Å². The smallest absolute Gasteiger partial charge is 0.387 e. The third-order valence-electron chi connectivity index (χ3n) is 3.62. The number of benzene rings is 2. The number of nitrogens with zero attached hydrogens (tertiary/aromatic N) is 1. The summed E-state index contributed by atoms with van der Waals surface area (Å²) in [4.78, 5) is 23.8. The van der Waals surface area contributed by atoms with Crippen molar-refractivity contribution in [2.45, 2.75) is 11.5 Å². The molecular weight excluding hydrogens is 446 g/mol. The van der Waals surface area contributed by atoms with E-state index in [9.17, 15) is 26.8 Å². The fourth-order valence-corrected chi connectivity index (χ4v) is 3.55. The van der Waals surface area contributed by atoms with Crippen LogP contribution in [0.1, 0.15) is 10.4 Å². The Morgan fingerprint density at radius 3 is 2.33 bits per heavy atom. The third-order valence-corrected chi connectivity index (χ3v) is 5.92. The number of nitrogens with one attached hydrogen (secondary N) is 1. The second-order valence-electron chi connectivity index (χ2n) is 5.96. The molecule has 0 spiro atoms. The quantitative estimate of drug-likeness (QED) is 0.605. The number of ether oxygens (including phenoxy) is 2. The maximum Gasteiger partial charge on any atom is 0.387 e. The largest absolute Gasteiger partial charge is 0.452 e. The maximum atomic E-state index is 12.3. The van der Waals surface area contributed by atoms with E-state index in [0.717, 1.165) is 16.4 Å². The number of amides is 1. The number of hydrogen-bond acceptors (Lipinski definition) is 6. The fraction of sp³-hybridized carbons (Fsp3) is 0.222. The third kappa shape index (κ3) is 6.12. The van der Waals surface area contributed by atoms with Crippen molar-refractivity contribution in [1.82, 2.24) is 4.31 Å². The molecule has 0 aromatic heterocycles. The molecule has 2 aromatic carbocycles. The Kier molecular flexibility index (Phi) is 7.71. The molecule has 1 amide bonds. The van der Waals surface area contributed by atoms with E-state index in [1.54, 1.807) is 0 Å². The van der Waals surface area contributed by atoms with Crippen LogP contribution in [0, 0.1) is 0 Å². The van der Waals surface area contributed by atoms with Crippen LogP contribution in [-0.4, -0.2) is 51.9 Å². The molecule has 0 unspecified atom stereocenters. The van der Waals surface area contributed by atoms with Crippen LogP contribution in [0.5, 0.6) is 5.75 Å². The molecule has 8 nitrogen and oxygen atoms in total. The predicted octanol–water partition coefficient (Wildman–Crippen LogP) is 2.99. The molecule has 12 heteroatoms. The van der Waals surface area contributed by atoms with E-state index in [0.29, 0.717) is 0 Å². The first-order chi connectivity index (χ1) is 14.0. The summed E-state index contributed by atoms with van der Waals surface area (Å²) < 4.78 is 58.7. The lowest BCUT2D eigenvalue weighted by atomic mass is 10.2. The maximum absolute atomic E-state index is 12.3. The summed E-state index contributed by atoms with van der Waals surface area (Å²) in [6.07, 6.45) is 0. The first-order valence-corrected chi connectivity index (χ1v) is 10.1. The molecule has 0 heterocycles. The summed E-state index contributed by atoms with van der Waals surface area (Å²) in [6, 6.07) is 8.59. The first-order valence-electron chi connectivity index (χ1n) is 8.24. The van der Waals surface area contributed by atoms with Crippen LogP contribution in [0.3, 0.4) is 0 Å². The standard InChI is InChI=1S/C18H17ClF2N2O6S/c1-23(2)30(26,27)15-9-12(5-8-14(15)19)22-16(24)10-28-17(25)11-3-6-13(7-4-11)29-18(20)21/h3-9,18H,10H2,1-2H3,(H,22,24). The van der Waals surface area contributed by atoms with Gasteiger partial charge in [0.1, 0.15) is 10.6 Å². The molecule has 2 rings (SSSR count). The van der Waals surface area contributed by atoms with Gasteiger partial charge in [0.2, 0.25) is 10.0 Å². The van der Waals surface area contributed by atoms with Crippen LogP contribution < -0.4 is 10.1 Å². The average Bonchev–Trinajstić information content (AvgIpc) is 2.67. The molecule has 30 heavy (non-hydrogen) atoms. The van der Waals surface area contributed by atoms with Crippen molar-refractivity contribution < 1.29 is 36.3 Å². The van der Waals surface area contributed by atoms with Gasteiger partial charge in [0, 0.05) is 19.8 Å². The second-order valence-corrected chi connectivity index (χ2v) is 8.49. The predicted molar refractivity (Wildman–Crippen MR) is 104 cm³/mol. The van der Waals surface area contributed by atoms with Gasteiger partial charge in [-0.3, -0.25) is 4.79 Å². The van der Waals surface area contributed by atoms with Gasteiger partial charge in [-0.1, -0.05) is 11.6 Å². The number of sulfonamides is 1. The lowest BCUT2D eigenvalue weighted by Crippen LogP contribution is -2.23. The number of carbonyl (C=O) groups is 2. The normalized spacial score (nSPS) is 11.4. The molecule has 0 bridgehead atoms. The van der Waals surface area contributed by atoms with Gasteiger partial charge >= 0.3 is 12.6 Å². The summed E-state index contributed by atoms with van der Waals surface area (Å²) in [5.41, 5.74) is 0.157. The van der Waals surface area contributed by atoms with Crippen LogP contribution in [-0.2, 0) is 19.6 Å². The van der Waals surface area contributed by atoms with Crippen LogP contribution in [0.4, 0.5) is 14.5 Å². The molecule has 162 valence electrons. The molecular formula is C18H17ClF2N2O6S. The topological polar surface area (TPSA) is 102 Å². The molecule has 0 aliphatic heterocycles. The molecule has 1 N–H and O–H groups in total. The van der Waals surface area contributed by atoms with Gasteiger partial charge in [0.05, 0.1) is 10.6 Å². The minimum Gasteiger partial charge on any atom is -0.452 e. The lowest BCUT2D eigenvalue weighted by molar-refractivity contribution is -0.119. The molecule has 0 fully saturated rings. The van der Waals surface area contributed by atoms with Gasteiger partial charge in [-0.25, -0.2) is 17.5 Å². The molecule has 0 aliphatic rings. The number of hydrogen-bond donors (Lipinski definition) is 1. The summed E-state index contributed by atoms with van der Waals surface area (Å²) in [5.74, 6) is -1.72. The lowest BCUT2D eigenvalue weighted by Gasteiger charge is -2.14. The highest BCUT2D eigenvalue weighted by atomic mass is 35.5. The average molecular weight is 463 g/mol. The van der Waals surface area contributed by atoms with Crippen molar-refractivity contribution >= 4 is 39.2 Å². The van der Waals surface area contributed by atoms with E-state index in [1.165, 1.54) is 44.4 Å². The second kappa shape index (κ2) is 9.83. The molecule has 0 saturated carbocycles. The Labute approximate surface area is 176 Å². The number of alkyl halides is 2. The molecule has 0 atom stereocenters. The van der Waals surface area contributed by atoms with Gasteiger partial charge in [-0.2, -0.15) is 8.78 Å². The SMILES string of the molecule is CN(C)S(=O)(=O)c1cc(NC(=O)COC(=O)c2ccc(OC(F)F)cc2)ccc1Cl. The molecule has 2 aromatic rings. The summed E-state index contributed by atoms with van der Waals surface area (Å²) in [7, 11) is -1.16. The fourth-order valence-electron chi connectivity index (χ4n) is 2.16. The van der Waals surface area contributed by atoms with Crippen molar-refractivity contribution in [1.29, 1.82) is 0 Å². The number of rotatable bonds is 8. The van der Waals surface area contributed by atoms with Gasteiger partial charge in [0.15, 0.2) is 6.61 Å².